The lowest BCUT2D eigenvalue weighted by atomic mass is 10.2. The number of likely N-dealkylation sites (N-methyl/N-ethyl adjacent to an activating group) is 1. The lowest BCUT2D eigenvalue weighted by Crippen LogP contribution is -2.34. The van der Waals surface area contributed by atoms with Crippen LogP contribution < -0.4 is 14.8 Å². The van der Waals surface area contributed by atoms with E-state index in [9.17, 15) is 4.79 Å². The molecule has 1 aromatic carbocycles. The van der Waals surface area contributed by atoms with Gasteiger partial charge in [-0.3, -0.25) is 9.69 Å². The van der Waals surface area contributed by atoms with Crippen LogP contribution in [0.15, 0.2) is 30.9 Å². The standard InChI is InChI=1S/C15H20N2O3/c1-3-6-16-15(18)11-17(2)10-12-4-5-13-14(9-12)20-8-7-19-13/h3-5,9H,1,6-8,10-11H2,2H3,(H,16,18). The number of carbonyl (C=O) groups is 1. The van der Waals surface area contributed by atoms with Crippen molar-refractivity contribution < 1.29 is 14.3 Å². The first-order valence-corrected chi connectivity index (χ1v) is 6.63. The highest BCUT2D eigenvalue weighted by Gasteiger charge is 2.13. The maximum absolute atomic E-state index is 11.6. The monoisotopic (exact) mass is 276 g/mol. The van der Waals surface area contributed by atoms with Crippen LogP contribution in [0.3, 0.4) is 0 Å². The van der Waals surface area contributed by atoms with E-state index in [0.29, 0.717) is 32.8 Å². The fourth-order valence-electron chi connectivity index (χ4n) is 2.04. The van der Waals surface area contributed by atoms with Crippen LogP contribution in [0.5, 0.6) is 11.5 Å². The van der Waals surface area contributed by atoms with E-state index in [1.807, 2.05) is 30.1 Å². The third-order valence-corrected chi connectivity index (χ3v) is 2.92. The fourth-order valence-corrected chi connectivity index (χ4v) is 2.04. The number of rotatable bonds is 6. The third kappa shape index (κ3) is 3.99. The number of ether oxygens (including phenoxy) is 2. The molecule has 1 aliphatic heterocycles. The molecule has 0 aliphatic carbocycles. The van der Waals surface area contributed by atoms with Gasteiger partial charge in [0.15, 0.2) is 11.5 Å². The van der Waals surface area contributed by atoms with Crippen molar-refractivity contribution in [3.63, 3.8) is 0 Å². The number of fused-ring (bicyclic) bond motifs is 1. The van der Waals surface area contributed by atoms with Crippen LogP contribution in [-0.4, -0.2) is 44.2 Å². The molecular formula is C15H20N2O3. The topological polar surface area (TPSA) is 50.8 Å². The molecule has 0 fully saturated rings. The van der Waals surface area contributed by atoms with Crippen LogP contribution in [0.25, 0.3) is 0 Å². The molecule has 0 atom stereocenters. The zero-order valence-electron chi connectivity index (χ0n) is 11.7. The summed E-state index contributed by atoms with van der Waals surface area (Å²) in [5.74, 6) is 1.55. The highest BCUT2D eigenvalue weighted by atomic mass is 16.6. The summed E-state index contributed by atoms with van der Waals surface area (Å²) in [6.45, 7) is 6.26. The van der Waals surface area contributed by atoms with Gasteiger partial charge < -0.3 is 14.8 Å². The predicted octanol–water partition coefficient (Wildman–Crippen LogP) is 1.19. The van der Waals surface area contributed by atoms with Gasteiger partial charge >= 0.3 is 0 Å². The van der Waals surface area contributed by atoms with E-state index in [-0.39, 0.29) is 5.91 Å². The number of hydrogen-bond donors (Lipinski definition) is 1. The molecule has 1 N–H and O–H groups in total. The molecule has 5 heteroatoms. The molecule has 108 valence electrons. The Balaban J connectivity index is 1.89. The van der Waals surface area contributed by atoms with Gasteiger partial charge in [-0.25, -0.2) is 0 Å². The Kier molecular flexibility index (Phi) is 5.01. The lowest BCUT2D eigenvalue weighted by Gasteiger charge is -2.20. The Morgan fingerprint density at radius 2 is 2.15 bits per heavy atom. The summed E-state index contributed by atoms with van der Waals surface area (Å²) in [5.41, 5.74) is 1.09. The SMILES string of the molecule is C=CCNC(=O)CN(C)Cc1ccc2c(c1)OCCO2. The van der Waals surface area contributed by atoms with Crippen molar-refractivity contribution in [1.29, 1.82) is 0 Å². The van der Waals surface area contributed by atoms with Gasteiger partial charge in [0.1, 0.15) is 13.2 Å². The molecule has 0 unspecified atom stereocenters. The number of benzene rings is 1. The second kappa shape index (κ2) is 6.96. The Bertz CT molecular complexity index is 488. The van der Waals surface area contributed by atoms with Crippen molar-refractivity contribution in [3.8, 4) is 11.5 Å². The van der Waals surface area contributed by atoms with E-state index in [4.69, 9.17) is 9.47 Å². The van der Waals surface area contributed by atoms with Crippen LogP contribution in [-0.2, 0) is 11.3 Å². The van der Waals surface area contributed by atoms with Crippen LogP contribution in [0.1, 0.15) is 5.56 Å². The predicted molar refractivity (Wildman–Crippen MR) is 77.0 cm³/mol. The van der Waals surface area contributed by atoms with Crippen LogP contribution >= 0.6 is 0 Å². The zero-order chi connectivity index (χ0) is 14.4. The van der Waals surface area contributed by atoms with Gasteiger partial charge in [-0.2, -0.15) is 0 Å². The van der Waals surface area contributed by atoms with Crippen LogP contribution in [0.2, 0.25) is 0 Å². The maximum Gasteiger partial charge on any atom is 0.234 e. The summed E-state index contributed by atoms with van der Waals surface area (Å²) >= 11 is 0. The minimum atomic E-state index is -0.00931. The molecule has 1 aromatic rings. The summed E-state index contributed by atoms with van der Waals surface area (Å²) in [5, 5.41) is 2.76. The number of carbonyl (C=O) groups excluding carboxylic acids is 1. The Morgan fingerprint density at radius 3 is 2.90 bits per heavy atom. The highest BCUT2D eigenvalue weighted by Crippen LogP contribution is 2.30. The normalized spacial score (nSPS) is 13.1. The Hall–Kier alpha value is -2.01. The largest absolute Gasteiger partial charge is 0.486 e. The molecule has 1 amide bonds. The molecule has 0 radical (unpaired) electrons. The third-order valence-electron chi connectivity index (χ3n) is 2.92. The second-order valence-corrected chi connectivity index (χ2v) is 4.74. The zero-order valence-corrected chi connectivity index (χ0v) is 11.7. The maximum atomic E-state index is 11.6. The van der Waals surface area contributed by atoms with Gasteiger partial charge in [0, 0.05) is 13.1 Å². The summed E-state index contributed by atoms with van der Waals surface area (Å²) in [7, 11) is 1.91. The van der Waals surface area contributed by atoms with Gasteiger partial charge in [0.25, 0.3) is 0 Å². The molecule has 1 heterocycles. The second-order valence-electron chi connectivity index (χ2n) is 4.74. The van der Waals surface area contributed by atoms with Crippen molar-refractivity contribution in [2.24, 2.45) is 0 Å². The van der Waals surface area contributed by atoms with Gasteiger partial charge in [-0.05, 0) is 24.7 Å². The van der Waals surface area contributed by atoms with E-state index in [1.165, 1.54) is 0 Å². The summed E-state index contributed by atoms with van der Waals surface area (Å²) < 4.78 is 11.0. The van der Waals surface area contributed by atoms with E-state index in [2.05, 4.69) is 11.9 Å². The molecule has 0 saturated heterocycles. The smallest absolute Gasteiger partial charge is 0.234 e. The quantitative estimate of drug-likeness (QED) is 0.793. The molecule has 0 spiro atoms. The van der Waals surface area contributed by atoms with E-state index >= 15 is 0 Å². The van der Waals surface area contributed by atoms with E-state index in [1.54, 1.807) is 6.08 Å². The number of nitrogens with one attached hydrogen (secondary N) is 1. The summed E-state index contributed by atoms with van der Waals surface area (Å²) in [4.78, 5) is 13.5. The highest BCUT2D eigenvalue weighted by molar-refractivity contribution is 5.78. The first-order chi connectivity index (χ1) is 9.69. The van der Waals surface area contributed by atoms with Crippen molar-refractivity contribution in [3.05, 3.63) is 36.4 Å². The van der Waals surface area contributed by atoms with Crippen molar-refractivity contribution in [2.45, 2.75) is 6.54 Å². The van der Waals surface area contributed by atoms with Crippen molar-refractivity contribution >= 4 is 5.91 Å². The van der Waals surface area contributed by atoms with Crippen molar-refractivity contribution in [1.82, 2.24) is 10.2 Å². The van der Waals surface area contributed by atoms with E-state index in [0.717, 1.165) is 17.1 Å². The first kappa shape index (κ1) is 14.4. The molecule has 2 rings (SSSR count). The van der Waals surface area contributed by atoms with E-state index < -0.39 is 0 Å². The fraction of sp³-hybridized carbons (Fsp3) is 0.400. The summed E-state index contributed by atoms with van der Waals surface area (Å²) in [6, 6.07) is 5.87. The van der Waals surface area contributed by atoms with Gasteiger partial charge in [0.2, 0.25) is 5.91 Å². The van der Waals surface area contributed by atoms with Crippen molar-refractivity contribution in [2.75, 3.05) is 33.4 Å². The van der Waals surface area contributed by atoms with Gasteiger partial charge in [-0.1, -0.05) is 12.1 Å². The molecule has 0 saturated carbocycles. The Labute approximate surface area is 119 Å². The minimum absolute atomic E-state index is 0.00931. The average Bonchev–Trinajstić information content (AvgIpc) is 2.44. The van der Waals surface area contributed by atoms with Gasteiger partial charge in [-0.15, -0.1) is 6.58 Å². The number of nitrogens with zero attached hydrogens (tertiary/aromatic N) is 1. The molecule has 1 aliphatic rings. The summed E-state index contributed by atoms with van der Waals surface area (Å²) in [6.07, 6.45) is 1.67. The molecule has 0 bridgehead atoms. The lowest BCUT2D eigenvalue weighted by molar-refractivity contribution is -0.121. The Morgan fingerprint density at radius 1 is 1.40 bits per heavy atom. The molecule has 0 aromatic heterocycles. The van der Waals surface area contributed by atoms with Crippen LogP contribution in [0.4, 0.5) is 0 Å². The first-order valence-electron chi connectivity index (χ1n) is 6.63. The molecular weight excluding hydrogens is 256 g/mol. The average molecular weight is 276 g/mol. The number of hydrogen-bond acceptors (Lipinski definition) is 4. The molecule has 20 heavy (non-hydrogen) atoms. The molecule has 5 nitrogen and oxygen atoms in total. The minimum Gasteiger partial charge on any atom is -0.486 e. The van der Waals surface area contributed by atoms with Gasteiger partial charge in [0.05, 0.1) is 6.54 Å². The number of amides is 1. The van der Waals surface area contributed by atoms with Crippen LogP contribution in [0, 0.1) is 0 Å².